The lowest BCUT2D eigenvalue weighted by Gasteiger charge is -2.22. The van der Waals surface area contributed by atoms with Crippen LogP contribution in [-0.4, -0.2) is 17.9 Å². The molecule has 1 N–H and O–H groups in total. The van der Waals surface area contributed by atoms with Crippen molar-refractivity contribution in [2.75, 3.05) is 10.2 Å². The Kier molecular flexibility index (Phi) is 6.12. The summed E-state index contributed by atoms with van der Waals surface area (Å²) in [5, 5.41) is 3.86. The van der Waals surface area contributed by atoms with Gasteiger partial charge in [-0.3, -0.25) is 0 Å². The molecule has 6 aromatic rings. The maximum absolute atomic E-state index is 5.27. The highest BCUT2D eigenvalue weighted by atomic mass is 15.3. The van der Waals surface area contributed by atoms with Gasteiger partial charge in [0.25, 0.3) is 0 Å². The zero-order valence-corrected chi connectivity index (χ0v) is 25.0. The Morgan fingerprint density at radius 3 is 1.80 bits per heavy atom. The SMILES string of the molecule is C1=[N+]=C(N2C3=Nc4ccc(-c5cc(-c6ccccc6)cc(-c6ccccc6)c5)cc4NC3c3ccccc32)C=C1c1ccccc1. The van der Waals surface area contributed by atoms with Crippen molar-refractivity contribution < 1.29 is 0 Å². The molecule has 3 heterocycles. The predicted octanol–water partition coefficient (Wildman–Crippen LogP) is 9.34. The molecule has 0 radical (unpaired) electrons. The number of allylic oxidation sites excluding steroid dienone is 1. The predicted molar refractivity (Wildman–Crippen MR) is 193 cm³/mol. The highest BCUT2D eigenvalue weighted by molar-refractivity contribution is 6.35. The summed E-state index contributed by atoms with van der Waals surface area (Å²) in [6.45, 7) is 0. The maximum Gasteiger partial charge on any atom is 0.381 e. The smallest absolute Gasteiger partial charge is 0.368 e. The Balaban J connectivity index is 1.12. The quantitative estimate of drug-likeness (QED) is 0.208. The molecule has 3 aliphatic rings. The number of anilines is 2. The highest BCUT2D eigenvalue weighted by Gasteiger charge is 2.47. The fourth-order valence-corrected chi connectivity index (χ4v) is 6.68. The molecule has 0 saturated carbocycles. The zero-order valence-electron chi connectivity index (χ0n) is 25.0. The third-order valence-corrected chi connectivity index (χ3v) is 8.94. The molecule has 3 aliphatic heterocycles. The van der Waals surface area contributed by atoms with Crippen LogP contribution in [0.3, 0.4) is 0 Å². The molecule has 9 rings (SSSR count). The summed E-state index contributed by atoms with van der Waals surface area (Å²) in [6.07, 6.45) is 4.10. The van der Waals surface area contributed by atoms with Gasteiger partial charge in [-0.05, 0) is 75.3 Å². The highest BCUT2D eigenvalue weighted by Crippen LogP contribution is 2.46. The minimum absolute atomic E-state index is 0.0774. The van der Waals surface area contributed by atoms with Crippen LogP contribution in [0.1, 0.15) is 17.2 Å². The van der Waals surface area contributed by atoms with E-state index >= 15 is 0 Å². The third-order valence-electron chi connectivity index (χ3n) is 8.94. The standard InChI is InChI=1S/C42H29N4/c1-4-12-28(13-5-1)32-22-33(29-14-6-2-7-15-29)24-34(23-32)31-20-21-37-38(25-31)44-41-36-18-10-11-19-39(36)46(42(41)45-37)40-26-35(27-43-40)30-16-8-3-9-17-30/h1-27,41,44H/q+1. The second kappa shape index (κ2) is 10.7. The number of hydrogen-bond donors (Lipinski definition) is 1. The van der Waals surface area contributed by atoms with E-state index in [2.05, 4.69) is 162 Å². The first-order chi connectivity index (χ1) is 22.8. The molecule has 0 fully saturated rings. The van der Waals surface area contributed by atoms with Gasteiger partial charge in [0, 0.05) is 11.1 Å². The topological polar surface area (TPSA) is 41.7 Å². The van der Waals surface area contributed by atoms with E-state index < -0.39 is 0 Å². The molecule has 4 nitrogen and oxygen atoms in total. The molecule has 46 heavy (non-hydrogen) atoms. The molecule has 4 heteroatoms. The minimum atomic E-state index is -0.0774. The van der Waals surface area contributed by atoms with Gasteiger partial charge in [0.05, 0.1) is 17.5 Å². The van der Waals surface area contributed by atoms with Crippen LogP contribution in [0.15, 0.2) is 163 Å². The molecule has 0 bridgehead atoms. The fraction of sp³-hybridized carbons (Fsp3) is 0.0238. The van der Waals surface area contributed by atoms with Gasteiger partial charge in [0.1, 0.15) is 11.7 Å². The van der Waals surface area contributed by atoms with Crippen molar-refractivity contribution in [2.45, 2.75) is 6.04 Å². The van der Waals surface area contributed by atoms with E-state index in [0.29, 0.717) is 0 Å². The normalized spacial score (nSPS) is 15.7. The van der Waals surface area contributed by atoms with E-state index in [-0.39, 0.29) is 6.04 Å². The first kappa shape index (κ1) is 26.2. The Labute approximate surface area is 268 Å². The van der Waals surface area contributed by atoms with Gasteiger partial charge in [0.2, 0.25) is 5.84 Å². The number of para-hydroxylation sites is 1. The van der Waals surface area contributed by atoms with Crippen LogP contribution in [0.25, 0.3) is 39.0 Å². The molecule has 0 saturated heterocycles. The molecular formula is C42H29N4+. The van der Waals surface area contributed by atoms with Gasteiger partial charge in [0.15, 0.2) is 6.21 Å². The molecule has 0 spiro atoms. The molecule has 0 amide bonds. The number of nitrogens with one attached hydrogen (secondary N) is 1. The van der Waals surface area contributed by atoms with Crippen molar-refractivity contribution >= 4 is 40.5 Å². The maximum atomic E-state index is 5.27. The van der Waals surface area contributed by atoms with E-state index in [1.165, 1.54) is 33.4 Å². The van der Waals surface area contributed by atoms with Gasteiger partial charge < -0.3 is 5.32 Å². The zero-order chi connectivity index (χ0) is 30.5. The second-order valence-electron chi connectivity index (χ2n) is 11.8. The fourth-order valence-electron chi connectivity index (χ4n) is 6.68. The largest absolute Gasteiger partial charge is 0.381 e. The lowest BCUT2D eigenvalue weighted by molar-refractivity contribution is 1.04. The van der Waals surface area contributed by atoms with Crippen LogP contribution >= 0.6 is 0 Å². The Hall–Kier alpha value is -6.22. The molecular weight excluding hydrogens is 560 g/mol. The van der Waals surface area contributed by atoms with Crippen molar-refractivity contribution in [3.8, 4) is 33.4 Å². The third kappa shape index (κ3) is 4.48. The van der Waals surface area contributed by atoms with Crippen LogP contribution in [-0.2, 0) is 0 Å². The molecule has 216 valence electrons. The lowest BCUT2D eigenvalue weighted by Crippen LogP contribution is -2.37. The van der Waals surface area contributed by atoms with Crippen molar-refractivity contribution in [3.05, 3.63) is 169 Å². The first-order valence-corrected chi connectivity index (χ1v) is 15.6. The van der Waals surface area contributed by atoms with E-state index in [9.17, 15) is 0 Å². The second-order valence-corrected chi connectivity index (χ2v) is 11.8. The van der Waals surface area contributed by atoms with Crippen molar-refractivity contribution in [2.24, 2.45) is 4.99 Å². The van der Waals surface area contributed by atoms with E-state index in [0.717, 1.165) is 45.4 Å². The number of aliphatic imine (C=N–C) groups is 1. The van der Waals surface area contributed by atoms with Crippen LogP contribution < -0.4 is 14.9 Å². The van der Waals surface area contributed by atoms with E-state index in [1.807, 2.05) is 12.3 Å². The van der Waals surface area contributed by atoms with Crippen LogP contribution in [0, 0.1) is 0 Å². The van der Waals surface area contributed by atoms with Gasteiger partial charge in [-0.25, -0.2) is 9.66 Å². The Bertz CT molecular complexity index is 2200. The summed E-state index contributed by atoms with van der Waals surface area (Å²) in [5.41, 5.74) is 13.6. The lowest BCUT2D eigenvalue weighted by atomic mass is 9.93. The van der Waals surface area contributed by atoms with Crippen LogP contribution in [0.5, 0.6) is 0 Å². The van der Waals surface area contributed by atoms with Crippen LogP contribution in [0.4, 0.5) is 17.1 Å². The van der Waals surface area contributed by atoms with Crippen molar-refractivity contribution in [1.29, 1.82) is 0 Å². The van der Waals surface area contributed by atoms with Gasteiger partial charge in [-0.2, -0.15) is 4.90 Å². The Morgan fingerprint density at radius 1 is 0.543 bits per heavy atom. The average molecular weight is 590 g/mol. The van der Waals surface area contributed by atoms with Gasteiger partial charge in [-0.1, -0.05) is 115 Å². The molecule has 0 aromatic heterocycles. The minimum Gasteiger partial charge on any atom is -0.368 e. The number of fused-ring (bicyclic) bond motifs is 4. The number of hydrogen-bond acceptors (Lipinski definition) is 3. The van der Waals surface area contributed by atoms with E-state index in [1.54, 1.807) is 0 Å². The van der Waals surface area contributed by atoms with Crippen molar-refractivity contribution in [1.82, 2.24) is 4.67 Å². The number of benzene rings is 6. The number of amidine groups is 2. The number of rotatable bonds is 4. The average Bonchev–Trinajstić information content (AvgIpc) is 3.74. The first-order valence-electron chi connectivity index (χ1n) is 15.6. The van der Waals surface area contributed by atoms with Gasteiger partial charge >= 0.3 is 5.84 Å². The summed E-state index contributed by atoms with van der Waals surface area (Å²) < 4.78 is 4.86. The molecule has 1 atom stereocenters. The molecule has 1 unspecified atom stereocenters. The number of nitrogens with zero attached hydrogens (tertiary/aromatic N) is 3. The van der Waals surface area contributed by atoms with Crippen LogP contribution in [0.2, 0.25) is 0 Å². The van der Waals surface area contributed by atoms with Gasteiger partial charge in [-0.15, -0.1) is 0 Å². The monoisotopic (exact) mass is 589 g/mol. The summed E-state index contributed by atoms with van der Waals surface area (Å²) in [6, 6.07) is 53.5. The summed E-state index contributed by atoms with van der Waals surface area (Å²) in [7, 11) is 0. The van der Waals surface area contributed by atoms with E-state index in [4.69, 9.17) is 9.66 Å². The van der Waals surface area contributed by atoms with Crippen molar-refractivity contribution in [3.63, 3.8) is 0 Å². The molecule has 6 aromatic carbocycles. The summed E-state index contributed by atoms with van der Waals surface area (Å²) in [4.78, 5) is 7.47. The summed E-state index contributed by atoms with van der Waals surface area (Å²) in [5.74, 6) is 1.82. The summed E-state index contributed by atoms with van der Waals surface area (Å²) >= 11 is 0. The molecule has 0 aliphatic carbocycles. The Morgan fingerprint density at radius 2 is 1.13 bits per heavy atom.